The van der Waals surface area contributed by atoms with Crippen molar-refractivity contribution >= 4 is 17.6 Å². The van der Waals surface area contributed by atoms with Gasteiger partial charge in [0, 0.05) is 25.2 Å². The highest BCUT2D eigenvalue weighted by molar-refractivity contribution is 5.93. The Morgan fingerprint density at radius 2 is 2.03 bits per heavy atom. The highest BCUT2D eigenvalue weighted by Crippen LogP contribution is 2.30. The van der Waals surface area contributed by atoms with E-state index in [1.165, 1.54) is 5.56 Å². The lowest BCUT2D eigenvalue weighted by Crippen LogP contribution is -2.45. The van der Waals surface area contributed by atoms with E-state index < -0.39 is 11.6 Å². The summed E-state index contributed by atoms with van der Waals surface area (Å²) in [6.07, 6.45) is 5.70. The third-order valence-electron chi connectivity index (χ3n) is 5.69. The number of carbonyl (C=O) groups excluding carboxylic acids is 2. The lowest BCUT2D eigenvalue weighted by atomic mass is 9.98. The fourth-order valence-electron chi connectivity index (χ4n) is 3.79. The first kappa shape index (κ1) is 21.0. The van der Waals surface area contributed by atoms with Crippen molar-refractivity contribution in [3.05, 3.63) is 48.4 Å². The van der Waals surface area contributed by atoms with Crippen LogP contribution in [0.3, 0.4) is 0 Å². The fourth-order valence-corrected chi connectivity index (χ4v) is 3.79. The summed E-state index contributed by atoms with van der Waals surface area (Å²) in [6.45, 7) is 7.20. The highest BCUT2D eigenvalue weighted by Gasteiger charge is 2.37. The van der Waals surface area contributed by atoms with Crippen LogP contribution in [0.2, 0.25) is 0 Å². The van der Waals surface area contributed by atoms with Gasteiger partial charge in [-0.2, -0.15) is 0 Å². The second kappa shape index (κ2) is 8.78. The van der Waals surface area contributed by atoms with E-state index in [0.29, 0.717) is 18.2 Å². The Kier molecular flexibility index (Phi) is 6.37. The molecule has 0 spiro atoms. The summed E-state index contributed by atoms with van der Waals surface area (Å²) >= 11 is 0. The molecular weight excluding hydrogens is 366 g/mol. The number of nitrogens with one attached hydrogen (secondary N) is 1. The van der Waals surface area contributed by atoms with E-state index in [2.05, 4.69) is 22.4 Å². The van der Waals surface area contributed by atoms with Crippen molar-refractivity contribution in [1.82, 2.24) is 14.5 Å². The summed E-state index contributed by atoms with van der Waals surface area (Å²) in [6, 6.07) is 9.78. The van der Waals surface area contributed by atoms with Gasteiger partial charge in [-0.25, -0.2) is 4.98 Å². The largest absolute Gasteiger partial charge is 0.340 e. The van der Waals surface area contributed by atoms with Gasteiger partial charge in [-0.15, -0.1) is 0 Å². The molecule has 0 aliphatic carbocycles. The Balaban J connectivity index is 1.65. The molecule has 2 amide bonds. The van der Waals surface area contributed by atoms with Crippen molar-refractivity contribution in [2.24, 2.45) is 5.73 Å². The number of nitrogens with two attached hydrogens (primary N) is 1. The monoisotopic (exact) mass is 397 g/mol. The van der Waals surface area contributed by atoms with E-state index >= 15 is 0 Å². The lowest BCUT2D eigenvalue weighted by Gasteiger charge is -2.30. The van der Waals surface area contributed by atoms with Crippen molar-refractivity contribution < 1.29 is 9.59 Å². The summed E-state index contributed by atoms with van der Waals surface area (Å²) in [7, 11) is 0. The lowest BCUT2D eigenvalue weighted by molar-refractivity contribution is -0.138. The minimum atomic E-state index is -0.799. The third-order valence-corrected chi connectivity index (χ3v) is 5.69. The Morgan fingerprint density at radius 1 is 1.31 bits per heavy atom. The molecule has 1 aromatic heterocycles. The number of benzene rings is 1. The van der Waals surface area contributed by atoms with E-state index in [1.807, 2.05) is 43.9 Å². The van der Waals surface area contributed by atoms with Crippen LogP contribution in [0.25, 0.3) is 0 Å². The van der Waals surface area contributed by atoms with Crippen LogP contribution in [0.4, 0.5) is 5.82 Å². The number of likely N-dealkylation sites (tertiary alicyclic amines) is 1. The SMILES string of the molecule is CCC[C@H](N)C(=O)Nc1cn(C(C)(C)C(=O)N2CCC(c3ccccc3)C2)cn1. The van der Waals surface area contributed by atoms with Crippen LogP contribution < -0.4 is 11.1 Å². The smallest absolute Gasteiger partial charge is 0.248 e. The Morgan fingerprint density at radius 3 is 2.72 bits per heavy atom. The van der Waals surface area contributed by atoms with Crippen molar-refractivity contribution in [3.63, 3.8) is 0 Å². The molecule has 1 aliphatic rings. The van der Waals surface area contributed by atoms with Gasteiger partial charge in [-0.3, -0.25) is 9.59 Å². The van der Waals surface area contributed by atoms with Crippen molar-refractivity contribution in [2.45, 2.75) is 57.5 Å². The molecule has 2 heterocycles. The molecule has 0 radical (unpaired) electrons. The van der Waals surface area contributed by atoms with Crippen LogP contribution in [-0.4, -0.2) is 45.4 Å². The normalized spacial score (nSPS) is 17.9. The van der Waals surface area contributed by atoms with Gasteiger partial charge in [0.2, 0.25) is 11.8 Å². The van der Waals surface area contributed by atoms with Gasteiger partial charge in [-0.1, -0.05) is 43.7 Å². The molecule has 1 saturated heterocycles. The van der Waals surface area contributed by atoms with Gasteiger partial charge >= 0.3 is 0 Å². The predicted octanol–water partition coefficient (Wildman–Crippen LogP) is 2.70. The van der Waals surface area contributed by atoms with Gasteiger partial charge in [0.1, 0.15) is 5.54 Å². The van der Waals surface area contributed by atoms with Crippen LogP contribution in [0, 0.1) is 0 Å². The summed E-state index contributed by atoms with van der Waals surface area (Å²) in [5.41, 5.74) is 6.33. The second-order valence-corrected chi connectivity index (χ2v) is 8.26. The predicted molar refractivity (Wildman–Crippen MR) is 113 cm³/mol. The molecule has 1 aromatic carbocycles. The number of hydrogen-bond acceptors (Lipinski definition) is 4. The van der Waals surface area contributed by atoms with Crippen LogP contribution >= 0.6 is 0 Å². The van der Waals surface area contributed by atoms with Gasteiger partial charge in [0.15, 0.2) is 5.82 Å². The number of hydrogen-bond donors (Lipinski definition) is 2. The molecule has 29 heavy (non-hydrogen) atoms. The van der Waals surface area contributed by atoms with Crippen LogP contribution in [0.1, 0.15) is 51.5 Å². The average molecular weight is 398 g/mol. The van der Waals surface area contributed by atoms with Crippen molar-refractivity contribution in [2.75, 3.05) is 18.4 Å². The maximum atomic E-state index is 13.2. The van der Waals surface area contributed by atoms with E-state index in [1.54, 1.807) is 17.1 Å². The van der Waals surface area contributed by atoms with E-state index in [9.17, 15) is 9.59 Å². The number of amides is 2. The molecule has 0 bridgehead atoms. The first-order chi connectivity index (χ1) is 13.8. The molecule has 3 rings (SSSR count). The zero-order chi connectivity index (χ0) is 21.0. The van der Waals surface area contributed by atoms with Crippen molar-refractivity contribution in [3.8, 4) is 0 Å². The minimum Gasteiger partial charge on any atom is -0.340 e. The van der Waals surface area contributed by atoms with Gasteiger partial charge in [-0.05, 0) is 32.3 Å². The molecule has 3 N–H and O–H groups in total. The van der Waals surface area contributed by atoms with E-state index in [0.717, 1.165) is 25.9 Å². The Labute approximate surface area is 172 Å². The van der Waals surface area contributed by atoms with Crippen LogP contribution in [0.15, 0.2) is 42.9 Å². The van der Waals surface area contributed by atoms with Gasteiger partial charge in [0.25, 0.3) is 0 Å². The van der Waals surface area contributed by atoms with Crippen LogP contribution in [-0.2, 0) is 15.1 Å². The number of aromatic nitrogens is 2. The first-order valence-electron chi connectivity index (χ1n) is 10.3. The maximum Gasteiger partial charge on any atom is 0.248 e. The first-order valence-corrected chi connectivity index (χ1v) is 10.3. The quantitative estimate of drug-likeness (QED) is 0.751. The number of carbonyl (C=O) groups is 2. The molecule has 1 fully saturated rings. The second-order valence-electron chi connectivity index (χ2n) is 8.26. The number of rotatable bonds is 7. The van der Waals surface area contributed by atoms with E-state index in [4.69, 9.17) is 5.73 Å². The molecule has 156 valence electrons. The maximum absolute atomic E-state index is 13.2. The molecular formula is C22H31N5O2. The number of imidazole rings is 1. The molecule has 7 heteroatoms. The summed E-state index contributed by atoms with van der Waals surface area (Å²) < 4.78 is 1.76. The zero-order valence-corrected chi connectivity index (χ0v) is 17.5. The molecule has 2 atom stereocenters. The zero-order valence-electron chi connectivity index (χ0n) is 17.5. The van der Waals surface area contributed by atoms with Gasteiger partial charge in [0.05, 0.1) is 12.4 Å². The molecule has 2 aromatic rings. The topological polar surface area (TPSA) is 93.2 Å². The summed E-state index contributed by atoms with van der Waals surface area (Å²) in [5, 5.41) is 2.74. The average Bonchev–Trinajstić information content (AvgIpc) is 3.38. The van der Waals surface area contributed by atoms with E-state index in [-0.39, 0.29) is 11.8 Å². The molecule has 1 unspecified atom stereocenters. The molecule has 7 nitrogen and oxygen atoms in total. The van der Waals surface area contributed by atoms with Gasteiger partial charge < -0.3 is 20.5 Å². The third kappa shape index (κ3) is 4.67. The number of anilines is 1. The summed E-state index contributed by atoms with van der Waals surface area (Å²) in [4.78, 5) is 31.5. The highest BCUT2D eigenvalue weighted by atomic mass is 16.2. The van der Waals surface area contributed by atoms with Crippen molar-refractivity contribution in [1.29, 1.82) is 0 Å². The Bertz CT molecular complexity index is 846. The van der Waals surface area contributed by atoms with Crippen LogP contribution in [0.5, 0.6) is 0 Å². The Hall–Kier alpha value is -2.67. The fraction of sp³-hybridized carbons (Fsp3) is 0.500. The number of nitrogens with zero attached hydrogens (tertiary/aromatic N) is 3. The summed E-state index contributed by atoms with van der Waals surface area (Å²) in [5.74, 6) is 0.569. The minimum absolute atomic E-state index is 0.0499. The molecule has 1 aliphatic heterocycles. The standard InChI is InChI=1S/C22H31N5O2/c1-4-8-18(23)20(28)25-19-14-27(15-24-19)22(2,3)21(29)26-12-11-17(13-26)16-9-6-5-7-10-16/h5-7,9-10,14-15,17-18H,4,8,11-13,23H2,1-3H3,(H,25,28)/t17?,18-/m0/s1. The molecule has 0 saturated carbocycles.